The number of ether oxygens (including phenoxy) is 1. The summed E-state index contributed by atoms with van der Waals surface area (Å²) in [6.45, 7) is 3.08. The molecular weight excluding hydrogens is 305 g/mol. The monoisotopic (exact) mass is 327 g/mol. The summed E-state index contributed by atoms with van der Waals surface area (Å²) in [6, 6.07) is 4.67. The Morgan fingerprint density at radius 2 is 1.95 bits per heavy atom. The number of hydrogen-bond donors (Lipinski definition) is 1. The van der Waals surface area contributed by atoms with Gasteiger partial charge in [-0.25, -0.2) is 0 Å². The zero-order valence-corrected chi connectivity index (χ0v) is 14.0. The Morgan fingerprint density at radius 3 is 2.81 bits per heavy atom. The lowest BCUT2D eigenvalue weighted by molar-refractivity contribution is 0.240. The molecule has 116 valence electrons. The molecule has 4 heteroatoms. The van der Waals surface area contributed by atoms with Crippen molar-refractivity contribution >= 4 is 23.2 Å². The van der Waals surface area contributed by atoms with Gasteiger partial charge in [0.25, 0.3) is 0 Å². The Morgan fingerprint density at radius 1 is 1.10 bits per heavy atom. The lowest BCUT2D eigenvalue weighted by Gasteiger charge is -2.31. The molecule has 0 bridgehead atoms. The molecule has 1 aliphatic carbocycles. The average Bonchev–Trinajstić information content (AvgIpc) is 2.65. The maximum absolute atomic E-state index is 6.26. The second kappa shape index (κ2) is 6.76. The third-order valence-corrected chi connectivity index (χ3v) is 5.26. The molecule has 21 heavy (non-hydrogen) atoms. The van der Waals surface area contributed by atoms with Gasteiger partial charge in [-0.2, -0.15) is 0 Å². The molecule has 3 unspecified atom stereocenters. The van der Waals surface area contributed by atoms with Crippen LogP contribution >= 0.6 is 23.2 Å². The van der Waals surface area contributed by atoms with Crippen molar-refractivity contribution in [1.29, 1.82) is 0 Å². The van der Waals surface area contributed by atoms with Crippen LogP contribution in [-0.4, -0.2) is 12.6 Å². The van der Waals surface area contributed by atoms with E-state index < -0.39 is 0 Å². The van der Waals surface area contributed by atoms with Crippen molar-refractivity contribution in [2.24, 2.45) is 5.92 Å². The lowest BCUT2D eigenvalue weighted by Crippen LogP contribution is -2.35. The minimum atomic E-state index is 0.309. The molecule has 3 rings (SSSR count). The lowest BCUT2D eigenvalue weighted by atomic mass is 9.97. The Hall–Kier alpha value is -0.440. The molecule has 1 fully saturated rings. The molecule has 2 aliphatic rings. The van der Waals surface area contributed by atoms with Crippen molar-refractivity contribution in [3.63, 3.8) is 0 Å². The molecule has 1 heterocycles. The number of benzene rings is 1. The summed E-state index contributed by atoms with van der Waals surface area (Å²) in [6.07, 6.45) is 7.53. The minimum Gasteiger partial charge on any atom is -0.492 e. The fraction of sp³-hybridized carbons (Fsp3) is 0.647. The smallest absolute Gasteiger partial charge is 0.142 e. The van der Waals surface area contributed by atoms with E-state index in [9.17, 15) is 0 Å². The molecule has 0 radical (unpaired) electrons. The first kappa shape index (κ1) is 15.5. The zero-order chi connectivity index (χ0) is 14.8. The summed E-state index contributed by atoms with van der Waals surface area (Å²) in [5, 5.41) is 5.14. The van der Waals surface area contributed by atoms with Crippen LogP contribution in [0, 0.1) is 5.92 Å². The van der Waals surface area contributed by atoms with E-state index in [0.29, 0.717) is 22.1 Å². The molecule has 2 nitrogen and oxygen atoms in total. The highest BCUT2D eigenvalue weighted by molar-refractivity contribution is 6.35. The average molecular weight is 328 g/mol. The molecule has 0 amide bonds. The Labute approximate surface area is 137 Å². The summed E-state index contributed by atoms with van der Waals surface area (Å²) < 4.78 is 5.74. The third kappa shape index (κ3) is 3.67. The number of hydrogen-bond acceptors (Lipinski definition) is 2. The standard InChI is InChI=1S/C17H23Cl2NO/c1-11-3-2-4-13(6-5-11)20-16-7-8-21-17-14(16)9-12(18)10-15(17)19/h9-11,13,16,20H,2-8H2,1H3. The number of fused-ring (bicyclic) bond motifs is 1. The van der Waals surface area contributed by atoms with Crippen LogP contribution in [-0.2, 0) is 0 Å². The van der Waals surface area contributed by atoms with Crippen LogP contribution in [0.3, 0.4) is 0 Å². The Kier molecular flexibility index (Phi) is 4.98. The van der Waals surface area contributed by atoms with Gasteiger partial charge in [0.15, 0.2) is 0 Å². The van der Waals surface area contributed by atoms with Crippen LogP contribution in [0.4, 0.5) is 0 Å². The fourth-order valence-corrected chi connectivity index (χ4v) is 4.10. The van der Waals surface area contributed by atoms with E-state index in [2.05, 4.69) is 12.2 Å². The highest BCUT2D eigenvalue weighted by Gasteiger charge is 2.27. The Bertz CT molecular complexity index is 506. The van der Waals surface area contributed by atoms with Gasteiger partial charge in [-0.3, -0.25) is 0 Å². The highest BCUT2D eigenvalue weighted by atomic mass is 35.5. The van der Waals surface area contributed by atoms with Crippen molar-refractivity contribution in [3.05, 3.63) is 27.7 Å². The van der Waals surface area contributed by atoms with E-state index in [0.717, 1.165) is 30.3 Å². The molecule has 3 atom stereocenters. The van der Waals surface area contributed by atoms with E-state index in [4.69, 9.17) is 27.9 Å². The van der Waals surface area contributed by atoms with Gasteiger partial charge in [0.1, 0.15) is 5.75 Å². The number of nitrogens with one attached hydrogen (secondary N) is 1. The quantitative estimate of drug-likeness (QED) is 0.736. The number of rotatable bonds is 2. The van der Waals surface area contributed by atoms with Gasteiger partial charge in [-0.15, -0.1) is 0 Å². The predicted octanol–water partition coefficient (Wildman–Crippen LogP) is 5.38. The maximum atomic E-state index is 6.26. The van der Waals surface area contributed by atoms with Gasteiger partial charge in [0.2, 0.25) is 0 Å². The molecule has 0 spiro atoms. The predicted molar refractivity (Wildman–Crippen MR) is 88.5 cm³/mol. The van der Waals surface area contributed by atoms with E-state index in [1.54, 1.807) is 6.07 Å². The molecule has 0 saturated heterocycles. The third-order valence-electron chi connectivity index (χ3n) is 4.76. The highest BCUT2D eigenvalue weighted by Crippen LogP contribution is 2.40. The van der Waals surface area contributed by atoms with Crippen LogP contribution in [0.5, 0.6) is 5.75 Å². The zero-order valence-electron chi connectivity index (χ0n) is 12.5. The van der Waals surface area contributed by atoms with Gasteiger partial charge in [0, 0.05) is 29.1 Å². The normalized spacial score (nSPS) is 29.4. The van der Waals surface area contributed by atoms with E-state index in [-0.39, 0.29) is 0 Å². The summed E-state index contributed by atoms with van der Waals surface area (Å²) in [5.74, 6) is 1.68. The van der Waals surface area contributed by atoms with Crippen LogP contribution < -0.4 is 10.1 Å². The maximum Gasteiger partial charge on any atom is 0.142 e. The van der Waals surface area contributed by atoms with Crippen molar-refractivity contribution in [1.82, 2.24) is 5.32 Å². The van der Waals surface area contributed by atoms with Gasteiger partial charge < -0.3 is 10.1 Å². The Balaban J connectivity index is 1.76. The second-order valence-electron chi connectivity index (χ2n) is 6.47. The van der Waals surface area contributed by atoms with E-state index in [1.807, 2.05) is 6.07 Å². The van der Waals surface area contributed by atoms with Crippen LogP contribution in [0.25, 0.3) is 0 Å². The molecular formula is C17H23Cl2NO. The fourth-order valence-electron chi connectivity index (χ4n) is 3.54. The topological polar surface area (TPSA) is 21.3 Å². The van der Waals surface area contributed by atoms with Crippen LogP contribution in [0.15, 0.2) is 12.1 Å². The van der Waals surface area contributed by atoms with Crippen molar-refractivity contribution in [3.8, 4) is 5.75 Å². The molecule has 1 N–H and O–H groups in total. The van der Waals surface area contributed by atoms with E-state index >= 15 is 0 Å². The van der Waals surface area contributed by atoms with Gasteiger partial charge in [-0.05, 0) is 37.3 Å². The summed E-state index contributed by atoms with van der Waals surface area (Å²) >= 11 is 12.4. The first-order valence-corrected chi connectivity index (χ1v) is 8.77. The van der Waals surface area contributed by atoms with Crippen molar-refractivity contribution < 1.29 is 4.74 Å². The molecule has 1 aromatic rings. The molecule has 1 aliphatic heterocycles. The summed E-state index contributed by atoms with van der Waals surface area (Å²) in [4.78, 5) is 0. The SMILES string of the molecule is CC1CCCC(NC2CCOc3c(Cl)cc(Cl)cc32)CC1. The van der Waals surface area contributed by atoms with E-state index in [1.165, 1.54) is 32.1 Å². The first-order valence-electron chi connectivity index (χ1n) is 8.01. The molecule has 0 aromatic heterocycles. The van der Waals surface area contributed by atoms with Gasteiger partial charge in [-0.1, -0.05) is 43.0 Å². The number of halogens is 2. The van der Waals surface area contributed by atoms with Crippen molar-refractivity contribution in [2.75, 3.05) is 6.61 Å². The van der Waals surface area contributed by atoms with Crippen molar-refractivity contribution in [2.45, 2.75) is 57.5 Å². The van der Waals surface area contributed by atoms with Crippen LogP contribution in [0.2, 0.25) is 10.0 Å². The van der Waals surface area contributed by atoms with Gasteiger partial charge in [0.05, 0.1) is 11.6 Å². The minimum absolute atomic E-state index is 0.309. The van der Waals surface area contributed by atoms with Gasteiger partial charge >= 0.3 is 0 Å². The summed E-state index contributed by atoms with van der Waals surface area (Å²) in [7, 11) is 0. The largest absolute Gasteiger partial charge is 0.492 e. The molecule has 1 aromatic carbocycles. The second-order valence-corrected chi connectivity index (χ2v) is 7.32. The summed E-state index contributed by atoms with van der Waals surface area (Å²) in [5.41, 5.74) is 1.12. The first-order chi connectivity index (χ1) is 10.1. The van der Waals surface area contributed by atoms with Crippen LogP contribution in [0.1, 0.15) is 57.1 Å². The molecule has 1 saturated carbocycles.